The molecule has 0 radical (unpaired) electrons. The Morgan fingerprint density at radius 1 is 1.11 bits per heavy atom. The third-order valence-corrected chi connectivity index (χ3v) is 3.37. The molecule has 1 aromatic carbocycles. The maximum absolute atomic E-state index is 12.0. The van der Waals surface area contributed by atoms with E-state index in [4.69, 9.17) is 0 Å². The Labute approximate surface area is 112 Å². The zero-order valence-electron chi connectivity index (χ0n) is 11.0. The fourth-order valence-corrected chi connectivity index (χ4v) is 2.16. The Hall–Kier alpha value is -1.88. The molecule has 1 aliphatic heterocycles. The van der Waals surface area contributed by atoms with Gasteiger partial charge < -0.3 is 10.0 Å². The van der Waals surface area contributed by atoms with Crippen molar-refractivity contribution in [1.29, 1.82) is 0 Å². The molecule has 1 heterocycles. The summed E-state index contributed by atoms with van der Waals surface area (Å²) in [6.45, 7) is 4.73. The standard InChI is InChI=1S/C14H18N2O3/c1-11(17)16-8-6-15(7-9-16)10-14(19)12-2-4-13(18)5-3-12/h2-5,18H,6-10H2,1H3. The molecule has 1 N–H and O–H groups in total. The Balaban J connectivity index is 1.87. The first-order valence-electron chi connectivity index (χ1n) is 6.36. The van der Waals surface area contributed by atoms with Crippen molar-refractivity contribution in [3.63, 3.8) is 0 Å². The van der Waals surface area contributed by atoms with Crippen molar-refractivity contribution in [1.82, 2.24) is 9.80 Å². The number of nitrogens with zero attached hydrogens (tertiary/aromatic N) is 2. The van der Waals surface area contributed by atoms with Crippen LogP contribution in [-0.4, -0.2) is 59.3 Å². The van der Waals surface area contributed by atoms with Gasteiger partial charge in [-0.2, -0.15) is 0 Å². The molecule has 0 aromatic heterocycles. The van der Waals surface area contributed by atoms with E-state index in [-0.39, 0.29) is 17.4 Å². The van der Waals surface area contributed by atoms with Crippen LogP contribution in [0, 0.1) is 0 Å². The number of ketones is 1. The monoisotopic (exact) mass is 262 g/mol. The molecule has 1 fully saturated rings. The van der Waals surface area contributed by atoms with Crippen molar-refractivity contribution < 1.29 is 14.7 Å². The van der Waals surface area contributed by atoms with Gasteiger partial charge in [-0.15, -0.1) is 0 Å². The molecule has 5 heteroatoms. The van der Waals surface area contributed by atoms with E-state index in [1.165, 1.54) is 12.1 Å². The number of Topliss-reactive ketones (excluding diaryl/α,β-unsaturated/α-hetero) is 1. The predicted molar refractivity (Wildman–Crippen MR) is 71.1 cm³/mol. The molecule has 102 valence electrons. The first-order chi connectivity index (χ1) is 9.06. The number of carbonyl (C=O) groups excluding carboxylic acids is 2. The lowest BCUT2D eigenvalue weighted by Gasteiger charge is -2.33. The van der Waals surface area contributed by atoms with E-state index in [2.05, 4.69) is 4.90 Å². The van der Waals surface area contributed by atoms with Gasteiger partial charge in [0.25, 0.3) is 0 Å². The number of rotatable bonds is 3. The van der Waals surface area contributed by atoms with Gasteiger partial charge in [-0.3, -0.25) is 14.5 Å². The van der Waals surface area contributed by atoms with Gasteiger partial charge >= 0.3 is 0 Å². The minimum atomic E-state index is 0.0382. The molecule has 0 saturated carbocycles. The maximum atomic E-state index is 12.0. The average Bonchev–Trinajstić information content (AvgIpc) is 2.40. The summed E-state index contributed by atoms with van der Waals surface area (Å²) in [5.74, 6) is 0.285. The predicted octanol–water partition coefficient (Wildman–Crippen LogP) is 0.739. The third-order valence-electron chi connectivity index (χ3n) is 3.37. The van der Waals surface area contributed by atoms with E-state index in [1.807, 2.05) is 0 Å². The smallest absolute Gasteiger partial charge is 0.219 e. The zero-order chi connectivity index (χ0) is 13.8. The van der Waals surface area contributed by atoms with Crippen LogP contribution in [0.1, 0.15) is 17.3 Å². The minimum Gasteiger partial charge on any atom is -0.508 e. The molecule has 1 amide bonds. The van der Waals surface area contributed by atoms with Gasteiger partial charge in [0.15, 0.2) is 5.78 Å². The largest absolute Gasteiger partial charge is 0.508 e. The van der Waals surface area contributed by atoms with Crippen molar-refractivity contribution in [3.8, 4) is 5.75 Å². The van der Waals surface area contributed by atoms with E-state index in [9.17, 15) is 14.7 Å². The van der Waals surface area contributed by atoms with Crippen molar-refractivity contribution in [2.24, 2.45) is 0 Å². The van der Waals surface area contributed by atoms with Crippen molar-refractivity contribution in [2.75, 3.05) is 32.7 Å². The molecule has 0 atom stereocenters. The quantitative estimate of drug-likeness (QED) is 0.816. The number of phenolic OH excluding ortho intramolecular Hbond substituents is 1. The highest BCUT2D eigenvalue weighted by atomic mass is 16.3. The normalized spacial score (nSPS) is 16.4. The van der Waals surface area contributed by atoms with E-state index in [0.717, 1.165) is 13.1 Å². The summed E-state index contributed by atoms with van der Waals surface area (Å²) < 4.78 is 0. The first-order valence-corrected chi connectivity index (χ1v) is 6.36. The number of amides is 1. The summed E-state index contributed by atoms with van der Waals surface area (Å²) in [7, 11) is 0. The lowest BCUT2D eigenvalue weighted by atomic mass is 10.1. The summed E-state index contributed by atoms with van der Waals surface area (Å²) >= 11 is 0. The number of phenols is 1. The molecule has 1 saturated heterocycles. The topological polar surface area (TPSA) is 60.9 Å². The Morgan fingerprint density at radius 3 is 2.21 bits per heavy atom. The fourth-order valence-electron chi connectivity index (χ4n) is 2.16. The number of carbonyl (C=O) groups is 2. The van der Waals surface area contributed by atoms with E-state index >= 15 is 0 Å². The number of aromatic hydroxyl groups is 1. The van der Waals surface area contributed by atoms with Crippen LogP contribution in [0.25, 0.3) is 0 Å². The summed E-state index contributed by atoms with van der Waals surface area (Å²) in [6.07, 6.45) is 0. The second-order valence-electron chi connectivity index (χ2n) is 4.75. The molecule has 1 aliphatic rings. The van der Waals surface area contributed by atoms with Gasteiger partial charge in [0.1, 0.15) is 5.75 Å². The molecule has 0 aliphatic carbocycles. The Kier molecular flexibility index (Phi) is 4.16. The van der Waals surface area contributed by atoms with Crippen molar-refractivity contribution in [3.05, 3.63) is 29.8 Å². The molecular formula is C14H18N2O3. The van der Waals surface area contributed by atoms with Gasteiger partial charge in [-0.1, -0.05) is 0 Å². The molecule has 1 aromatic rings. The fraction of sp³-hybridized carbons (Fsp3) is 0.429. The number of benzene rings is 1. The van der Waals surface area contributed by atoms with Gasteiger partial charge in [-0.25, -0.2) is 0 Å². The van der Waals surface area contributed by atoms with E-state index in [1.54, 1.807) is 24.0 Å². The maximum Gasteiger partial charge on any atom is 0.219 e. The van der Waals surface area contributed by atoms with Crippen LogP contribution in [0.2, 0.25) is 0 Å². The molecule has 0 unspecified atom stereocenters. The molecule has 2 rings (SSSR count). The van der Waals surface area contributed by atoms with Crippen molar-refractivity contribution in [2.45, 2.75) is 6.92 Å². The lowest BCUT2D eigenvalue weighted by Crippen LogP contribution is -2.49. The van der Waals surface area contributed by atoms with Crippen LogP contribution in [0.15, 0.2) is 24.3 Å². The van der Waals surface area contributed by atoms with Gasteiger partial charge in [-0.05, 0) is 24.3 Å². The highest BCUT2D eigenvalue weighted by Gasteiger charge is 2.20. The van der Waals surface area contributed by atoms with Crippen LogP contribution in [0.5, 0.6) is 5.75 Å². The number of hydrogen-bond acceptors (Lipinski definition) is 4. The molecule has 19 heavy (non-hydrogen) atoms. The van der Waals surface area contributed by atoms with Crippen LogP contribution < -0.4 is 0 Å². The number of piperazine rings is 1. The van der Waals surface area contributed by atoms with Crippen LogP contribution in [0.4, 0.5) is 0 Å². The lowest BCUT2D eigenvalue weighted by molar-refractivity contribution is -0.130. The van der Waals surface area contributed by atoms with Gasteiger partial charge in [0.05, 0.1) is 6.54 Å². The molecular weight excluding hydrogens is 244 g/mol. The summed E-state index contributed by atoms with van der Waals surface area (Å²) in [4.78, 5) is 27.1. The molecule has 5 nitrogen and oxygen atoms in total. The van der Waals surface area contributed by atoms with E-state index < -0.39 is 0 Å². The van der Waals surface area contributed by atoms with Gasteiger partial charge in [0.2, 0.25) is 5.91 Å². The zero-order valence-corrected chi connectivity index (χ0v) is 11.0. The summed E-state index contributed by atoms with van der Waals surface area (Å²) in [6, 6.07) is 6.29. The minimum absolute atomic E-state index is 0.0382. The van der Waals surface area contributed by atoms with E-state index in [0.29, 0.717) is 25.2 Å². The first kappa shape index (κ1) is 13.5. The van der Waals surface area contributed by atoms with Crippen LogP contribution >= 0.6 is 0 Å². The summed E-state index contributed by atoms with van der Waals surface area (Å²) in [5, 5.41) is 9.18. The third kappa shape index (κ3) is 3.54. The second-order valence-corrected chi connectivity index (χ2v) is 4.75. The van der Waals surface area contributed by atoms with Gasteiger partial charge in [0, 0.05) is 38.7 Å². The second kappa shape index (κ2) is 5.84. The Morgan fingerprint density at radius 2 is 1.68 bits per heavy atom. The SMILES string of the molecule is CC(=O)N1CCN(CC(=O)c2ccc(O)cc2)CC1. The van der Waals surface area contributed by atoms with Crippen LogP contribution in [-0.2, 0) is 4.79 Å². The number of hydrogen-bond donors (Lipinski definition) is 1. The molecule has 0 spiro atoms. The average molecular weight is 262 g/mol. The van der Waals surface area contributed by atoms with Crippen LogP contribution in [0.3, 0.4) is 0 Å². The Bertz CT molecular complexity index is 462. The molecule has 0 bridgehead atoms. The summed E-state index contributed by atoms with van der Waals surface area (Å²) in [5.41, 5.74) is 0.604. The highest BCUT2D eigenvalue weighted by molar-refractivity contribution is 5.97. The van der Waals surface area contributed by atoms with Crippen molar-refractivity contribution >= 4 is 11.7 Å². The highest BCUT2D eigenvalue weighted by Crippen LogP contribution is 2.11.